The van der Waals surface area contributed by atoms with Gasteiger partial charge in [-0.1, -0.05) is 0 Å². The van der Waals surface area contributed by atoms with Gasteiger partial charge in [0.15, 0.2) is 0 Å². The fourth-order valence-corrected chi connectivity index (χ4v) is 2.32. The number of aliphatic hydroxyl groups excluding tert-OH is 1. The van der Waals surface area contributed by atoms with Crippen molar-refractivity contribution in [1.29, 1.82) is 0 Å². The first-order valence-corrected chi connectivity index (χ1v) is 5.15. The van der Waals surface area contributed by atoms with Crippen molar-refractivity contribution in [2.75, 3.05) is 32.8 Å². The van der Waals surface area contributed by atoms with Gasteiger partial charge in [0.2, 0.25) is 0 Å². The Balaban J connectivity index is 1.97. The van der Waals surface area contributed by atoms with Gasteiger partial charge >= 0.3 is 0 Å². The van der Waals surface area contributed by atoms with Crippen LogP contribution in [0.1, 0.15) is 20.3 Å². The molecule has 0 aromatic heterocycles. The molecule has 2 rings (SSSR count). The Morgan fingerprint density at radius 1 is 1.46 bits per heavy atom. The molecular weight excluding hydrogens is 164 g/mol. The summed E-state index contributed by atoms with van der Waals surface area (Å²) < 4.78 is 0. The molecule has 3 nitrogen and oxygen atoms in total. The van der Waals surface area contributed by atoms with Gasteiger partial charge in [-0.2, -0.15) is 0 Å². The van der Waals surface area contributed by atoms with E-state index >= 15 is 0 Å². The third-order valence-electron chi connectivity index (χ3n) is 3.68. The Kier molecular flexibility index (Phi) is 2.13. The first kappa shape index (κ1) is 9.44. The fourth-order valence-electron chi connectivity index (χ4n) is 2.32. The van der Waals surface area contributed by atoms with Gasteiger partial charge < -0.3 is 10.4 Å². The van der Waals surface area contributed by atoms with Crippen molar-refractivity contribution in [3.63, 3.8) is 0 Å². The predicted molar refractivity (Wildman–Crippen MR) is 52.7 cm³/mol. The van der Waals surface area contributed by atoms with E-state index in [0.29, 0.717) is 5.41 Å². The largest absolute Gasteiger partial charge is 0.394 e. The van der Waals surface area contributed by atoms with Crippen molar-refractivity contribution >= 4 is 0 Å². The van der Waals surface area contributed by atoms with Gasteiger partial charge in [0.1, 0.15) is 0 Å². The zero-order valence-electron chi connectivity index (χ0n) is 8.64. The van der Waals surface area contributed by atoms with E-state index in [2.05, 4.69) is 24.1 Å². The Morgan fingerprint density at radius 2 is 2.15 bits per heavy atom. The van der Waals surface area contributed by atoms with Crippen molar-refractivity contribution in [3.05, 3.63) is 0 Å². The fraction of sp³-hybridized carbons (Fsp3) is 1.00. The predicted octanol–water partition coefficient (Wildman–Crippen LogP) is 0.0526. The molecule has 0 atom stereocenters. The van der Waals surface area contributed by atoms with E-state index in [1.165, 1.54) is 19.5 Å². The number of aliphatic hydroxyl groups is 1. The number of hydrogen-bond acceptors (Lipinski definition) is 3. The molecule has 2 aliphatic rings. The van der Waals surface area contributed by atoms with E-state index in [1.807, 2.05) is 0 Å². The van der Waals surface area contributed by atoms with Crippen LogP contribution in [0.4, 0.5) is 0 Å². The van der Waals surface area contributed by atoms with Crippen molar-refractivity contribution in [3.8, 4) is 0 Å². The minimum Gasteiger partial charge on any atom is -0.394 e. The van der Waals surface area contributed by atoms with Crippen LogP contribution < -0.4 is 5.32 Å². The average molecular weight is 184 g/mol. The normalized spacial score (nSPS) is 27.9. The van der Waals surface area contributed by atoms with Crippen LogP contribution in [-0.4, -0.2) is 48.3 Å². The van der Waals surface area contributed by atoms with Crippen LogP contribution in [0.15, 0.2) is 0 Å². The monoisotopic (exact) mass is 184 g/mol. The van der Waals surface area contributed by atoms with Crippen LogP contribution >= 0.6 is 0 Å². The summed E-state index contributed by atoms with van der Waals surface area (Å²) in [6, 6.07) is 0. The zero-order valence-corrected chi connectivity index (χ0v) is 8.64. The van der Waals surface area contributed by atoms with Crippen LogP contribution in [0, 0.1) is 5.41 Å². The topological polar surface area (TPSA) is 35.5 Å². The highest BCUT2D eigenvalue weighted by Crippen LogP contribution is 2.37. The molecule has 0 aromatic carbocycles. The highest BCUT2D eigenvalue weighted by Gasteiger charge is 2.46. The highest BCUT2D eigenvalue weighted by atomic mass is 16.3. The number of hydrogen-bond donors (Lipinski definition) is 2. The summed E-state index contributed by atoms with van der Waals surface area (Å²) in [5.41, 5.74) is 0.519. The summed E-state index contributed by atoms with van der Waals surface area (Å²) in [6.07, 6.45) is 1.30. The summed E-state index contributed by atoms with van der Waals surface area (Å²) >= 11 is 0. The molecule has 2 heterocycles. The molecule has 2 saturated heterocycles. The molecule has 2 N–H and O–H groups in total. The van der Waals surface area contributed by atoms with Crippen LogP contribution in [0.5, 0.6) is 0 Å². The lowest BCUT2D eigenvalue weighted by molar-refractivity contribution is 0.0576. The van der Waals surface area contributed by atoms with Gasteiger partial charge in [0.05, 0.1) is 6.61 Å². The minimum absolute atomic E-state index is 0.0287. The zero-order chi connectivity index (χ0) is 9.53. The Labute approximate surface area is 80.1 Å². The molecular formula is C10H20N2O. The van der Waals surface area contributed by atoms with Crippen LogP contribution in [-0.2, 0) is 0 Å². The summed E-state index contributed by atoms with van der Waals surface area (Å²) in [7, 11) is 0. The summed E-state index contributed by atoms with van der Waals surface area (Å²) in [4.78, 5) is 2.42. The minimum atomic E-state index is -0.0287. The van der Waals surface area contributed by atoms with E-state index in [-0.39, 0.29) is 12.1 Å². The Hall–Kier alpha value is -0.120. The third kappa shape index (κ3) is 1.49. The number of nitrogens with zero attached hydrogens (tertiary/aromatic N) is 1. The second-order valence-electron chi connectivity index (χ2n) is 5.25. The molecule has 2 fully saturated rings. The standard InChI is InChI=1S/C10H20N2O/c1-9(2,8-13)12-4-3-10(7-12)5-11-6-10/h11,13H,3-8H2,1-2H3. The lowest BCUT2D eigenvalue weighted by Crippen LogP contribution is -2.56. The van der Waals surface area contributed by atoms with Crippen molar-refractivity contribution in [1.82, 2.24) is 10.2 Å². The van der Waals surface area contributed by atoms with E-state index in [4.69, 9.17) is 0 Å². The second-order valence-corrected chi connectivity index (χ2v) is 5.25. The first-order valence-electron chi connectivity index (χ1n) is 5.15. The summed E-state index contributed by atoms with van der Waals surface area (Å²) in [5, 5.41) is 12.6. The van der Waals surface area contributed by atoms with E-state index < -0.39 is 0 Å². The van der Waals surface area contributed by atoms with E-state index in [1.54, 1.807) is 0 Å². The van der Waals surface area contributed by atoms with Crippen molar-refractivity contribution < 1.29 is 5.11 Å². The summed E-state index contributed by atoms with van der Waals surface area (Å²) in [5.74, 6) is 0. The van der Waals surface area contributed by atoms with Crippen LogP contribution in [0.3, 0.4) is 0 Å². The average Bonchev–Trinajstić information content (AvgIpc) is 2.48. The molecule has 76 valence electrons. The van der Waals surface area contributed by atoms with Crippen molar-refractivity contribution in [2.45, 2.75) is 25.8 Å². The highest BCUT2D eigenvalue weighted by molar-refractivity contribution is 5.02. The summed E-state index contributed by atoms with van der Waals surface area (Å²) in [6.45, 7) is 9.16. The van der Waals surface area contributed by atoms with Gasteiger partial charge in [-0.25, -0.2) is 0 Å². The quantitative estimate of drug-likeness (QED) is 0.636. The number of rotatable bonds is 2. The van der Waals surface area contributed by atoms with Gasteiger partial charge in [-0.3, -0.25) is 4.90 Å². The molecule has 1 spiro atoms. The maximum atomic E-state index is 9.26. The first-order chi connectivity index (χ1) is 6.08. The van der Waals surface area contributed by atoms with Gasteiger partial charge in [-0.05, 0) is 26.8 Å². The lowest BCUT2D eigenvalue weighted by atomic mass is 9.81. The maximum absolute atomic E-state index is 9.26. The van der Waals surface area contributed by atoms with E-state index in [9.17, 15) is 5.11 Å². The van der Waals surface area contributed by atoms with Gasteiger partial charge in [0, 0.05) is 30.6 Å². The Morgan fingerprint density at radius 3 is 2.54 bits per heavy atom. The molecule has 3 heteroatoms. The molecule has 2 aliphatic heterocycles. The van der Waals surface area contributed by atoms with Gasteiger partial charge in [-0.15, -0.1) is 0 Å². The van der Waals surface area contributed by atoms with Crippen LogP contribution in [0.25, 0.3) is 0 Å². The Bertz CT molecular complexity index is 199. The van der Waals surface area contributed by atoms with Crippen LogP contribution in [0.2, 0.25) is 0 Å². The molecule has 0 radical (unpaired) electrons. The van der Waals surface area contributed by atoms with Gasteiger partial charge in [0.25, 0.3) is 0 Å². The molecule has 0 amide bonds. The number of nitrogens with one attached hydrogen (secondary N) is 1. The smallest absolute Gasteiger partial charge is 0.0610 e. The van der Waals surface area contributed by atoms with E-state index in [0.717, 1.165) is 13.1 Å². The lowest BCUT2D eigenvalue weighted by Gasteiger charge is -2.41. The SMILES string of the molecule is CC(C)(CO)N1CCC2(CNC2)C1. The second kappa shape index (κ2) is 2.94. The maximum Gasteiger partial charge on any atom is 0.0610 e. The van der Waals surface area contributed by atoms with Crippen molar-refractivity contribution in [2.24, 2.45) is 5.41 Å². The molecule has 0 unspecified atom stereocenters. The third-order valence-corrected chi connectivity index (χ3v) is 3.68. The molecule has 0 aliphatic carbocycles. The molecule has 13 heavy (non-hydrogen) atoms. The molecule has 0 saturated carbocycles. The molecule has 0 bridgehead atoms. The molecule has 0 aromatic rings. The number of likely N-dealkylation sites (tertiary alicyclic amines) is 1.